The average Bonchev–Trinajstić information content (AvgIpc) is 1.81. The van der Waals surface area contributed by atoms with Crippen molar-refractivity contribution in [2.24, 2.45) is 0 Å². The van der Waals surface area contributed by atoms with Crippen LogP contribution in [0.3, 0.4) is 0 Å². The van der Waals surface area contributed by atoms with Gasteiger partial charge in [0.1, 0.15) is 0 Å². The first-order valence-electron chi connectivity index (χ1n) is 4.15. The molecule has 0 aromatic carbocycles. The molecule has 0 fully saturated rings. The zero-order chi connectivity index (χ0) is 9.12. The molecule has 0 atom stereocenters. The number of rotatable bonds is 3. The van der Waals surface area contributed by atoms with Gasteiger partial charge < -0.3 is 4.43 Å². The van der Waals surface area contributed by atoms with Gasteiger partial charge in [-0.2, -0.15) is 0 Å². The lowest BCUT2D eigenvalue weighted by Crippen LogP contribution is -2.40. The first-order chi connectivity index (χ1) is 4.81. The summed E-state index contributed by atoms with van der Waals surface area (Å²) in [6, 6.07) is 0. The van der Waals surface area contributed by atoms with E-state index in [1.54, 1.807) is 0 Å². The highest BCUT2D eigenvalue weighted by molar-refractivity contribution is 6.74. The summed E-state index contributed by atoms with van der Waals surface area (Å²) in [5.41, 5.74) is 0. The minimum atomic E-state index is -1.51. The molecule has 0 aliphatic heterocycles. The van der Waals surface area contributed by atoms with Crippen LogP contribution in [0.25, 0.3) is 0 Å². The van der Waals surface area contributed by atoms with Crippen molar-refractivity contribution >= 4 is 16.2 Å². The molecule has 0 aliphatic rings. The van der Waals surface area contributed by atoms with Crippen molar-refractivity contribution in [1.29, 1.82) is 0 Å². The van der Waals surface area contributed by atoms with Gasteiger partial charge in [-0.25, -0.2) is 0 Å². The number of hydrogen-bond acceptors (Lipinski definition) is 1. The van der Waals surface area contributed by atoms with E-state index in [0.717, 1.165) is 0 Å². The fraction of sp³-hybridized carbons (Fsp3) is 1.00. The first-order valence-corrected chi connectivity index (χ1v) is 7.06. The zero-order valence-corrected chi connectivity index (χ0v) is 9.40. The van der Waals surface area contributed by atoms with Gasteiger partial charge in [0.2, 0.25) is 0 Å². The first kappa shape index (κ1) is 11.2. The van der Waals surface area contributed by atoms with E-state index in [1.807, 2.05) is 0 Å². The van der Waals surface area contributed by atoms with Gasteiger partial charge in [-0.3, -0.25) is 0 Å². The molecule has 11 heavy (non-hydrogen) atoms. The van der Waals surface area contributed by atoms with Crippen molar-refractivity contribution in [3.05, 3.63) is 0 Å². The third-order valence-corrected chi connectivity index (χ3v) is 6.93. The Balaban J connectivity index is 4.00. The van der Waals surface area contributed by atoms with Gasteiger partial charge in [0, 0.05) is 6.61 Å². The second-order valence-corrected chi connectivity index (χ2v) is 9.21. The van der Waals surface area contributed by atoms with E-state index >= 15 is 0 Å². The van der Waals surface area contributed by atoms with Crippen molar-refractivity contribution < 1.29 is 4.43 Å². The third-order valence-electron chi connectivity index (χ3n) is 2.39. The fourth-order valence-corrected chi connectivity index (χ4v) is 1.59. The lowest BCUT2D eigenvalue weighted by Gasteiger charge is -2.36. The van der Waals surface area contributed by atoms with Crippen LogP contribution in [0, 0.1) is 0 Å². The van der Waals surface area contributed by atoms with E-state index in [9.17, 15) is 0 Å². The van der Waals surface area contributed by atoms with Crippen molar-refractivity contribution in [3.8, 4) is 0 Å². The number of hydrogen-bond donors (Lipinski definition) is 0. The van der Waals surface area contributed by atoms with Gasteiger partial charge in [0.15, 0.2) is 8.32 Å². The molecule has 64 valence electrons. The summed E-state index contributed by atoms with van der Waals surface area (Å²) in [6.07, 6.45) is 0.631. The van der Waals surface area contributed by atoms with Gasteiger partial charge in [0.05, 0.1) is 7.85 Å². The maximum Gasteiger partial charge on any atom is 0.191 e. The zero-order valence-electron chi connectivity index (χ0n) is 8.40. The predicted octanol–water partition coefficient (Wildman–Crippen LogP) is 2.60. The Morgan fingerprint density at radius 1 is 1.27 bits per heavy atom. The van der Waals surface area contributed by atoms with Crippen molar-refractivity contribution in [3.63, 3.8) is 0 Å². The molecule has 0 spiro atoms. The molecular weight excluding hydrogens is 151 g/mol. The van der Waals surface area contributed by atoms with E-state index < -0.39 is 8.32 Å². The maximum atomic E-state index is 5.76. The van der Waals surface area contributed by atoms with E-state index in [0.29, 0.717) is 18.0 Å². The Kier molecular flexibility index (Phi) is 3.85. The highest BCUT2D eigenvalue weighted by Gasteiger charge is 2.36. The molecular formula is C8H19BOSi. The molecule has 0 aromatic rings. The average molecular weight is 170 g/mol. The minimum Gasteiger partial charge on any atom is -0.418 e. The lowest BCUT2D eigenvalue weighted by atomic mass is 10.1. The molecule has 3 heteroatoms. The monoisotopic (exact) mass is 170 g/mol. The molecule has 2 radical (unpaired) electrons. The predicted molar refractivity (Wildman–Crippen MR) is 53.7 cm³/mol. The van der Waals surface area contributed by atoms with E-state index in [4.69, 9.17) is 12.3 Å². The van der Waals surface area contributed by atoms with Crippen molar-refractivity contribution in [2.75, 3.05) is 6.61 Å². The molecule has 1 nitrogen and oxygen atoms in total. The Morgan fingerprint density at radius 2 is 1.73 bits per heavy atom. The van der Waals surface area contributed by atoms with E-state index in [2.05, 4.69) is 33.9 Å². The summed E-state index contributed by atoms with van der Waals surface area (Å²) >= 11 is 0. The molecule has 0 aromatic heterocycles. The smallest absolute Gasteiger partial charge is 0.191 e. The molecule has 0 aliphatic carbocycles. The Bertz CT molecular complexity index is 118. The van der Waals surface area contributed by atoms with Crippen LogP contribution in [0.4, 0.5) is 0 Å². The van der Waals surface area contributed by atoms with Crippen molar-refractivity contribution in [1.82, 2.24) is 0 Å². The molecule has 0 unspecified atom stereocenters. The molecule has 0 N–H and O–H groups in total. The second-order valence-electron chi connectivity index (χ2n) is 4.40. The minimum absolute atomic E-state index is 0.308. The topological polar surface area (TPSA) is 9.23 Å². The summed E-state index contributed by atoms with van der Waals surface area (Å²) < 4.78 is 5.76. The largest absolute Gasteiger partial charge is 0.418 e. The van der Waals surface area contributed by atoms with Crippen LogP contribution >= 0.6 is 0 Å². The standard InChI is InChI=1S/C8H19BOSi/c1-8(2,3)11(4,5)10-7-6-9/h6-7H2,1-5H3. The normalized spacial score (nSPS) is 13.5. The molecule has 0 amide bonds. The highest BCUT2D eigenvalue weighted by Crippen LogP contribution is 2.36. The van der Waals surface area contributed by atoms with Gasteiger partial charge in [-0.05, 0) is 18.1 Å². The maximum absolute atomic E-state index is 5.76. The summed E-state index contributed by atoms with van der Waals surface area (Å²) in [4.78, 5) is 0. The highest BCUT2D eigenvalue weighted by atomic mass is 28.4. The lowest BCUT2D eigenvalue weighted by molar-refractivity contribution is 0.308. The quantitative estimate of drug-likeness (QED) is 0.591. The second kappa shape index (κ2) is 3.77. The van der Waals surface area contributed by atoms with Crippen LogP contribution < -0.4 is 0 Å². The van der Waals surface area contributed by atoms with Gasteiger partial charge >= 0.3 is 0 Å². The van der Waals surface area contributed by atoms with Crippen LogP contribution in [0.2, 0.25) is 24.5 Å². The SMILES string of the molecule is [B]CCO[Si](C)(C)C(C)(C)C. The molecule has 0 rings (SSSR count). The van der Waals surface area contributed by atoms with Crippen LogP contribution in [-0.2, 0) is 4.43 Å². The van der Waals surface area contributed by atoms with Gasteiger partial charge in [0.25, 0.3) is 0 Å². The molecule has 0 heterocycles. The Hall–Kier alpha value is 0.242. The van der Waals surface area contributed by atoms with Crippen LogP contribution in [0.1, 0.15) is 20.8 Å². The Labute approximate surface area is 73.1 Å². The molecule has 0 saturated carbocycles. The van der Waals surface area contributed by atoms with E-state index in [-0.39, 0.29) is 0 Å². The Morgan fingerprint density at radius 3 is 2.00 bits per heavy atom. The molecule has 0 bridgehead atoms. The fourth-order valence-electron chi connectivity index (χ4n) is 0.531. The molecule has 0 saturated heterocycles. The van der Waals surface area contributed by atoms with Crippen LogP contribution in [0.15, 0.2) is 0 Å². The van der Waals surface area contributed by atoms with Gasteiger partial charge in [-0.1, -0.05) is 27.1 Å². The van der Waals surface area contributed by atoms with Crippen LogP contribution in [0.5, 0.6) is 0 Å². The third kappa shape index (κ3) is 3.43. The van der Waals surface area contributed by atoms with Crippen LogP contribution in [-0.4, -0.2) is 22.8 Å². The van der Waals surface area contributed by atoms with E-state index in [1.165, 1.54) is 0 Å². The summed E-state index contributed by atoms with van der Waals surface area (Å²) in [5, 5.41) is 0.308. The summed E-state index contributed by atoms with van der Waals surface area (Å²) in [5.74, 6) is 0. The summed E-state index contributed by atoms with van der Waals surface area (Å²) in [6.45, 7) is 11.9. The van der Waals surface area contributed by atoms with Crippen molar-refractivity contribution in [2.45, 2.75) is 45.2 Å². The summed E-state index contributed by atoms with van der Waals surface area (Å²) in [7, 11) is 3.87. The van der Waals surface area contributed by atoms with Gasteiger partial charge in [-0.15, -0.1) is 0 Å².